The molecule has 1 aliphatic heterocycles. The molecule has 0 aromatic carbocycles. The topological polar surface area (TPSA) is 44.4 Å². The van der Waals surface area contributed by atoms with E-state index in [4.69, 9.17) is 0 Å². The van der Waals surface area contributed by atoms with E-state index in [-0.39, 0.29) is 6.03 Å². The average Bonchev–Trinajstić information content (AvgIpc) is 3.03. The van der Waals surface area contributed by atoms with Gasteiger partial charge < -0.3 is 15.5 Å². The maximum Gasteiger partial charge on any atom is 0.317 e. The minimum atomic E-state index is 0.107. The zero-order valence-corrected chi connectivity index (χ0v) is 9.46. The number of amides is 2. The van der Waals surface area contributed by atoms with Crippen molar-refractivity contribution in [2.75, 3.05) is 26.7 Å². The summed E-state index contributed by atoms with van der Waals surface area (Å²) < 4.78 is 0. The van der Waals surface area contributed by atoms with Crippen molar-refractivity contribution in [3.8, 4) is 0 Å². The molecular formula is C11H21N3O. The lowest BCUT2D eigenvalue weighted by Crippen LogP contribution is -2.42. The van der Waals surface area contributed by atoms with Crippen molar-refractivity contribution in [2.24, 2.45) is 5.92 Å². The molecule has 2 rings (SSSR count). The van der Waals surface area contributed by atoms with Gasteiger partial charge in [0.1, 0.15) is 0 Å². The van der Waals surface area contributed by atoms with Gasteiger partial charge >= 0.3 is 6.03 Å². The van der Waals surface area contributed by atoms with Gasteiger partial charge in [-0.2, -0.15) is 0 Å². The van der Waals surface area contributed by atoms with Crippen LogP contribution >= 0.6 is 0 Å². The van der Waals surface area contributed by atoms with E-state index in [0.717, 1.165) is 32.5 Å². The normalized spacial score (nSPS) is 22.5. The van der Waals surface area contributed by atoms with Crippen LogP contribution in [-0.2, 0) is 0 Å². The number of hydrogen-bond acceptors (Lipinski definition) is 2. The highest BCUT2D eigenvalue weighted by molar-refractivity contribution is 5.74. The highest BCUT2D eigenvalue weighted by Gasteiger charge is 2.25. The van der Waals surface area contributed by atoms with Crippen molar-refractivity contribution in [3.05, 3.63) is 0 Å². The molecule has 86 valence electrons. The lowest BCUT2D eigenvalue weighted by atomic mass is 9.98. The fourth-order valence-electron chi connectivity index (χ4n) is 2.05. The van der Waals surface area contributed by atoms with E-state index in [1.54, 1.807) is 0 Å². The minimum absolute atomic E-state index is 0.107. The first kappa shape index (κ1) is 10.7. The Morgan fingerprint density at radius 3 is 2.60 bits per heavy atom. The zero-order valence-electron chi connectivity index (χ0n) is 9.46. The molecule has 0 aromatic rings. The van der Waals surface area contributed by atoms with Crippen molar-refractivity contribution >= 4 is 6.03 Å². The molecule has 1 heterocycles. The molecule has 2 N–H and O–H groups in total. The first-order valence-corrected chi connectivity index (χ1v) is 5.98. The first-order chi connectivity index (χ1) is 7.25. The molecule has 2 aliphatic rings. The third-order valence-corrected chi connectivity index (χ3v) is 3.24. The fraction of sp³-hybridized carbons (Fsp3) is 0.909. The van der Waals surface area contributed by atoms with E-state index >= 15 is 0 Å². The van der Waals surface area contributed by atoms with Gasteiger partial charge in [0.15, 0.2) is 0 Å². The molecule has 0 atom stereocenters. The van der Waals surface area contributed by atoms with Crippen molar-refractivity contribution in [1.29, 1.82) is 0 Å². The molecule has 4 heteroatoms. The highest BCUT2D eigenvalue weighted by Crippen LogP contribution is 2.19. The van der Waals surface area contributed by atoms with E-state index in [1.807, 2.05) is 11.9 Å². The molecule has 0 radical (unpaired) electrons. The van der Waals surface area contributed by atoms with E-state index in [0.29, 0.717) is 12.0 Å². The molecular weight excluding hydrogens is 190 g/mol. The standard InChI is InChI=1S/C11H21N3O/c1-14(11(15)13-10-2-3-10)8-9-4-6-12-7-5-9/h9-10,12H,2-8H2,1H3,(H,13,15). The van der Waals surface area contributed by atoms with Crippen LogP contribution in [0, 0.1) is 5.92 Å². The Morgan fingerprint density at radius 2 is 2.00 bits per heavy atom. The number of rotatable bonds is 3. The number of nitrogens with one attached hydrogen (secondary N) is 2. The van der Waals surface area contributed by atoms with Gasteiger partial charge in [-0.1, -0.05) is 0 Å². The van der Waals surface area contributed by atoms with Crippen LogP contribution in [0.25, 0.3) is 0 Å². The lowest BCUT2D eigenvalue weighted by molar-refractivity contribution is 0.193. The van der Waals surface area contributed by atoms with Crippen LogP contribution in [-0.4, -0.2) is 43.7 Å². The first-order valence-electron chi connectivity index (χ1n) is 5.98. The Kier molecular flexibility index (Phi) is 3.46. The van der Waals surface area contributed by atoms with E-state index in [2.05, 4.69) is 10.6 Å². The summed E-state index contributed by atoms with van der Waals surface area (Å²) in [5.74, 6) is 0.682. The van der Waals surface area contributed by atoms with Crippen LogP contribution in [0.1, 0.15) is 25.7 Å². The summed E-state index contributed by atoms with van der Waals surface area (Å²) in [5.41, 5.74) is 0. The van der Waals surface area contributed by atoms with Gasteiger partial charge in [0, 0.05) is 19.6 Å². The Hall–Kier alpha value is -0.770. The number of hydrogen-bond donors (Lipinski definition) is 2. The zero-order chi connectivity index (χ0) is 10.7. The average molecular weight is 211 g/mol. The van der Waals surface area contributed by atoms with Crippen LogP contribution in [0.5, 0.6) is 0 Å². The highest BCUT2D eigenvalue weighted by atomic mass is 16.2. The Bertz CT molecular complexity index is 222. The Labute approximate surface area is 91.4 Å². The summed E-state index contributed by atoms with van der Waals surface area (Å²) in [7, 11) is 1.90. The molecule has 1 saturated heterocycles. The molecule has 1 saturated carbocycles. The summed E-state index contributed by atoms with van der Waals surface area (Å²) in [6, 6.07) is 0.573. The van der Waals surface area contributed by atoms with E-state index < -0.39 is 0 Å². The second-order valence-corrected chi connectivity index (χ2v) is 4.80. The summed E-state index contributed by atoms with van der Waals surface area (Å²) in [6.45, 7) is 3.10. The fourth-order valence-corrected chi connectivity index (χ4v) is 2.05. The maximum absolute atomic E-state index is 11.7. The van der Waals surface area contributed by atoms with Crippen LogP contribution in [0.15, 0.2) is 0 Å². The molecule has 0 unspecified atom stereocenters. The van der Waals surface area contributed by atoms with Gasteiger partial charge in [-0.15, -0.1) is 0 Å². The molecule has 2 amide bonds. The number of carbonyl (C=O) groups is 1. The molecule has 1 aliphatic carbocycles. The molecule has 15 heavy (non-hydrogen) atoms. The van der Waals surface area contributed by atoms with Gasteiger partial charge in [-0.3, -0.25) is 0 Å². The second-order valence-electron chi connectivity index (χ2n) is 4.80. The molecule has 4 nitrogen and oxygen atoms in total. The number of carbonyl (C=O) groups excluding carboxylic acids is 1. The van der Waals surface area contributed by atoms with Crippen LogP contribution in [0.3, 0.4) is 0 Å². The third-order valence-electron chi connectivity index (χ3n) is 3.24. The van der Waals surface area contributed by atoms with E-state index in [9.17, 15) is 4.79 Å². The smallest absolute Gasteiger partial charge is 0.317 e. The van der Waals surface area contributed by atoms with Gasteiger partial charge in [-0.05, 0) is 44.7 Å². The van der Waals surface area contributed by atoms with Gasteiger partial charge in [0.25, 0.3) is 0 Å². The quantitative estimate of drug-likeness (QED) is 0.725. The molecule has 2 fully saturated rings. The van der Waals surface area contributed by atoms with Crippen LogP contribution in [0.4, 0.5) is 4.79 Å². The van der Waals surface area contributed by atoms with Gasteiger partial charge in [0.2, 0.25) is 0 Å². The lowest BCUT2D eigenvalue weighted by Gasteiger charge is -2.27. The van der Waals surface area contributed by atoms with Crippen molar-refractivity contribution in [1.82, 2.24) is 15.5 Å². The minimum Gasteiger partial charge on any atom is -0.335 e. The molecule has 0 spiro atoms. The largest absolute Gasteiger partial charge is 0.335 e. The Morgan fingerprint density at radius 1 is 1.33 bits per heavy atom. The third kappa shape index (κ3) is 3.38. The predicted molar refractivity (Wildman–Crippen MR) is 59.8 cm³/mol. The van der Waals surface area contributed by atoms with E-state index in [1.165, 1.54) is 12.8 Å². The number of nitrogens with zero attached hydrogens (tertiary/aromatic N) is 1. The summed E-state index contributed by atoms with van der Waals surface area (Å²) >= 11 is 0. The number of piperidine rings is 1. The van der Waals surface area contributed by atoms with Crippen LogP contribution in [0.2, 0.25) is 0 Å². The van der Waals surface area contributed by atoms with Crippen molar-refractivity contribution in [3.63, 3.8) is 0 Å². The summed E-state index contributed by atoms with van der Waals surface area (Å²) in [4.78, 5) is 13.5. The summed E-state index contributed by atoms with van der Waals surface area (Å²) in [6.07, 6.45) is 4.71. The Balaban J connectivity index is 1.69. The van der Waals surface area contributed by atoms with Gasteiger partial charge in [-0.25, -0.2) is 4.79 Å². The maximum atomic E-state index is 11.7. The monoisotopic (exact) mass is 211 g/mol. The summed E-state index contributed by atoms with van der Waals surface area (Å²) in [5, 5.41) is 6.35. The molecule has 0 bridgehead atoms. The van der Waals surface area contributed by atoms with Crippen molar-refractivity contribution < 1.29 is 4.79 Å². The van der Waals surface area contributed by atoms with Gasteiger partial charge in [0.05, 0.1) is 0 Å². The molecule has 0 aromatic heterocycles. The number of urea groups is 1. The SMILES string of the molecule is CN(CC1CCNCC1)C(=O)NC1CC1. The van der Waals surface area contributed by atoms with Crippen LogP contribution < -0.4 is 10.6 Å². The van der Waals surface area contributed by atoms with Crippen molar-refractivity contribution in [2.45, 2.75) is 31.7 Å². The second kappa shape index (κ2) is 4.84. The predicted octanol–water partition coefficient (Wildman–Crippen LogP) is 0.790.